The van der Waals surface area contributed by atoms with E-state index in [2.05, 4.69) is 37.9 Å². The molecule has 6 nitrogen and oxygen atoms in total. The monoisotopic (exact) mass is 353 g/mol. The van der Waals surface area contributed by atoms with E-state index in [-0.39, 0.29) is 11.9 Å². The normalized spacial score (nSPS) is 28.5. The highest BCUT2D eigenvalue weighted by Crippen LogP contribution is 2.29. The summed E-state index contributed by atoms with van der Waals surface area (Å²) in [5.41, 5.74) is 2.52. The van der Waals surface area contributed by atoms with Crippen LogP contribution in [0.2, 0.25) is 0 Å². The van der Waals surface area contributed by atoms with Crippen molar-refractivity contribution in [1.29, 1.82) is 0 Å². The second-order valence-electron chi connectivity index (χ2n) is 8.18. The first-order valence-electron chi connectivity index (χ1n) is 10.0. The van der Waals surface area contributed by atoms with E-state index in [1.165, 1.54) is 51.6 Å². The molecule has 2 bridgehead atoms. The molecule has 4 aliphatic rings. The molecule has 1 atom stereocenters. The van der Waals surface area contributed by atoms with E-state index in [0.717, 1.165) is 23.1 Å². The van der Waals surface area contributed by atoms with Crippen molar-refractivity contribution in [3.8, 4) is 0 Å². The fraction of sp³-hybridized carbons (Fsp3) is 0.600. The van der Waals surface area contributed by atoms with Crippen LogP contribution in [0.3, 0.4) is 0 Å². The molecule has 0 spiro atoms. The summed E-state index contributed by atoms with van der Waals surface area (Å²) in [6.07, 6.45) is 7.47. The second-order valence-corrected chi connectivity index (χ2v) is 8.18. The summed E-state index contributed by atoms with van der Waals surface area (Å²) in [6.45, 7) is 3.34. The topological polar surface area (TPSA) is 73.0 Å². The van der Waals surface area contributed by atoms with Crippen LogP contribution >= 0.6 is 0 Å². The van der Waals surface area contributed by atoms with Gasteiger partial charge in [0, 0.05) is 29.7 Å². The maximum absolute atomic E-state index is 12.9. The van der Waals surface area contributed by atoms with Crippen molar-refractivity contribution >= 4 is 22.5 Å². The molecular formula is C20H27N5O. The fourth-order valence-electron chi connectivity index (χ4n) is 4.95. The number of rotatable bonds is 4. The molecule has 0 unspecified atom stereocenters. The number of nitrogens with zero attached hydrogens (tertiary/aromatic N) is 2. The number of nitrogens with one attached hydrogen (secondary N) is 3. The van der Waals surface area contributed by atoms with E-state index in [0.29, 0.717) is 17.7 Å². The summed E-state index contributed by atoms with van der Waals surface area (Å²) in [6, 6.07) is 6.99. The molecule has 1 amide bonds. The Morgan fingerprint density at radius 1 is 1.15 bits per heavy atom. The molecule has 4 fully saturated rings. The highest BCUT2D eigenvalue weighted by atomic mass is 16.2. The third-order valence-corrected chi connectivity index (χ3v) is 6.48. The summed E-state index contributed by atoms with van der Waals surface area (Å²) in [4.78, 5) is 15.3. The fourth-order valence-corrected chi connectivity index (χ4v) is 4.95. The van der Waals surface area contributed by atoms with E-state index in [9.17, 15) is 4.79 Å². The number of aromatic amines is 1. The summed E-state index contributed by atoms with van der Waals surface area (Å²) >= 11 is 0. The van der Waals surface area contributed by atoms with Gasteiger partial charge in [-0.3, -0.25) is 9.89 Å². The molecule has 1 aromatic carbocycles. The van der Waals surface area contributed by atoms with E-state index >= 15 is 0 Å². The van der Waals surface area contributed by atoms with Crippen molar-refractivity contribution in [3.63, 3.8) is 0 Å². The first kappa shape index (κ1) is 16.1. The quantitative estimate of drug-likeness (QED) is 0.790. The minimum atomic E-state index is -0.0481. The van der Waals surface area contributed by atoms with Gasteiger partial charge in [0.15, 0.2) is 5.69 Å². The van der Waals surface area contributed by atoms with Crippen LogP contribution in [0.1, 0.15) is 49.0 Å². The predicted molar refractivity (Wildman–Crippen MR) is 102 cm³/mol. The van der Waals surface area contributed by atoms with Gasteiger partial charge in [0.1, 0.15) is 0 Å². The van der Waals surface area contributed by atoms with Crippen LogP contribution in [0.4, 0.5) is 5.69 Å². The lowest BCUT2D eigenvalue weighted by molar-refractivity contribution is 0.0618. The lowest BCUT2D eigenvalue weighted by Crippen LogP contribution is -2.57. The Balaban J connectivity index is 1.35. The van der Waals surface area contributed by atoms with Gasteiger partial charge in [-0.1, -0.05) is 12.8 Å². The number of hydrogen-bond acceptors (Lipinski definition) is 4. The third-order valence-electron chi connectivity index (χ3n) is 6.48. The van der Waals surface area contributed by atoms with E-state index in [4.69, 9.17) is 0 Å². The van der Waals surface area contributed by atoms with Crippen LogP contribution in [0, 0.1) is 5.92 Å². The number of aromatic nitrogens is 2. The molecule has 6 rings (SSSR count). The maximum Gasteiger partial charge on any atom is 0.272 e. The van der Waals surface area contributed by atoms with Gasteiger partial charge in [0.2, 0.25) is 0 Å². The minimum Gasteiger partial charge on any atom is -0.382 e. The molecule has 1 saturated carbocycles. The van der Waals surface area contributed by atoms with Gasteiger partial charge in [-0.2, -0.15) is 5.10 Å². The Kier molecular flexibility index (Phi) is 4.08. The Morgan fingerprint density at radius 2 is 1.96 bits per heavy atom. The highest BCUT2D eigenvalue weighted by molar-refractivity contribution is 6.05. The average molecular weight is 353 g/mol. The van der Waals surface area contributed by atoms with Crippen molar-refractivity contribution in [2.45, 2.75) is 50.6 Å². The van der Waals surface area contributed by atoms with E-state index < -0.39 is 0 Å². The van der Waals surface area contributed by atoms with Crippen molar-refractivity contribution in [2.75, 3.05) is 25.0 Å². The summed E-state index contributed by atoms with van der Waals surface area (Å²) in [5.74, 6) is 0.571. The minimum absolute atomic E-state index is 0.0481. The number of benzene rings is 1. The number of amides is 1. The molecular weight excluding hydrogens is 326 g/mol. The molecule has 26 heavy (non-hydrogen) atoms. The summed E-state index contributed by atoms with van der Waals surface area (Å²) in [5, 5.41) is 15.1. The highest BCUT2D eigenvalue weighted by Gasteiger charge is 2.35. The van der Waals surface area contributed by atoms with Crippen LogP contribution in [-0.2, 0) is 0 Å². The molecule has 6 heteroatoms. The maximum atomic E-state index is 12.9. The lowest BCUT2D eigenvalue weighted by Gasteiger charge is -2.44. The van der Waals surface area contributed by atoms with Gasteiger partial charge < -0.3 is 15.5 Å². The van der Waals surface area contributed by atoms with Gasteiger partial charge in [0.05, 0.1) is 5.52 Å². The van der Waals surface area contributed by atoms with Crippen LogP contribution in [0.5, 0.6) is 0 Å². The average Bonchev–Trinajstić information content (AvgIpc) is 3.32. The molecule has 3 N–H and O–H groups in total. The molecule has 3 aliphatic heterocycles. The molecule has 1 aliphatic carbocycles. The first-order valence-corrected chi connectivity index (χ1v) is 10.0. The smallest absolute Gasteiger partial charge is 0.272 e. The second kappa shape index (κ2) is 6.58. The van der Waals surface area contributed by atoms with Gasteiger partial charge in [-0.15, -0.1) is 0 Å². The zero-order valence-electron chi connectivity index (χ0n) is 15.1. The Hall–Kier alpha value is -2.08. The van der Waals surface area contributed by atoms with Crippen LogP contribution in [0.15, 0.2) is 18.2 Å². The first-order chi connectivity index (χ1) is 12.8. The molecule has 1 aromatic heterocycles. The lowest BCUT2D eigenvalue weighted by atomic mass is 9.84. The number of anilines is 1. The van der Waals surface area contributed by atoms with Crippen molar-refractivity contribution in [1.82, 2.24) is 20.4 Å². The van der Waals surface area contributed by atoms with Gasteiger partial charge in [-0.05, 0) is 62.9 Å². The molecule has 138 valence electrons. The van der Waals surface area contributed by atoms with Gasteiger partial charge in [0.25, 0.3) is 5.91 Å². The molecule has 2 aromatic rings. The molecule has 4 heterocycles. The van der Waals surface area contributed by atoms with E-state index in [1.54, 1.807) is 0 Å². The van der Waals surface area contributed by atoms with Gasteiger partial charge in [-0.25, -0.2) is 0 Å². The number of carbonyl (C=O) groups excluding carboxylic acids is 1. The largest absolute Gasteiger partial charge is 0.382 e. The van der Waals surface area contributed by atoms with Crippen LogP contribution in [0.25, 0.3) is 10.9 Å². The van der Waals surface area contributed by atoms with Crippen LogP contribution in [-0.4, -0.2) is 52.7 Å². The summed E-state index contributed by atoms with van der Waals surface area (Å²) in [7, 11) is 0. The summed E-state index contributed by atoms with van der Waals surface area (Å²) < 4.78 is 0. The predicted octanol–water partition coefficient (Wildman–Crippen LogP) is 2.74. The zero-order chi connectivity index (χ0) is 17.5. The SMILES string of the molecule is O=C(N[C@@H]1CN2CCC1CC2)c1n[nH]c2ccc(NC3CCCC3)cc12. The number of fused-ring (bicyclic) bond motifs is 4. The van der Waals surface area contributed by atoms with E-state index in [1.807, 2.05) is 6.07 Å². The Bertz CT molecular complexity index is 802. The number of hydrogen-bond donors (Lipinski definition) is 3. The Labute approximate surface area is 153 Å². The zero-order valence-corrected chi connectivity index (χ0v) is 15.1. The van der Waals surface area contributed by atoms with Crippen molar-refractivity contribution in [2.24, 2.45) is 5.92 Å². The standard InChI is InChI=1S/C20H27N5O/c26-20(22-18-12-25-9-7-13(18)8-10-25)19-16-11-15(5-6-17(16)23-24-19)21-14-3-1-2-4-14/h5-6,11,13-14,18,21H,1-4,7-10,12H2,(H,22,26)(H,23,24)/t18-/m1/s1. The van der Waals surface area contributed by atoms with Gasteiger partial charge >= 0.3 is 0 Å². The molecule has 3 saturated heterocycles. The molecule has 0 radical (unpaired) electrons. The number of H-pyrrole nitrogens is 1. The Morgan fingerprint density at radius 3 is 2.69 bits per heavy atom. The third kappa shape index (κ3) is 2.96. The van der Waals surface area contributed by atoms with Crippen LogP contribution < -0.4 is 10.6 Å². The number of piperidine rings is 3. The number of carbonyl (C=O) groups is 1. The van der Waals surface area contributed by atoms with Crippen molar-refractivity contribution < 1.29 is 4.79 Å². The van der Waals surface area contributed by atoms with Crippen molar-refractivity contribution in [3.05, 3.63) is 23.9 Å².